The minimum absolute atomic E-state index is 0.00248. The smallest absolute Gasteiger partial charge is 0.407 e. The van der Waals surface area contributed by atoms with Crippen molar-refractivity contribution in [1.82, 2.24) is 0 Å². The van der Waals surface area contributed by atoms with Crippen molar-refractivity contribution in [3.8, 4) is 17.2 Å². The zero-order valence-electron chi connectivity index (χ0n) is 15.7. The topological polar surface area (TPSA) is 27.7 Å². The van der Waals surface area contributed by atoms with Gasteiger partial charge in [-0.3, -0.25) is 0 Å². The highest BCUT2D eigenvalue weighted by Crippen LogP contribution is 2.50. The molecular formula is C22H23O3PS. The van der Waals surface area contributed by atoms with Crippen LogP contribution in [0.1, 0.15) is 26.3 Å². The summed E-state index contributed by atoms with van der Waals surface area (Å²) in [5, 5.41) is 0. The maximum Gasteiger partial charge on any atom is 0.490 e. The lowest BCUT2D eigenvalue weighted by Crippen LogP contribution is -2.12. The van der Waals surface area contributed by atoms with Crippen LogP contribution in [0, 0.1) is 0 Å². The van der Waals surface area contributed by atoms with Crippen molar-refractivity contribution in [3.05, 3.63) is 90.5 Å². The molecule has 3 aromatic rings. The van der Waals surface area contributed by atoms with Crippen LogP contribution in [0.25, 0.3) is 0 Å². The van der Waals surface area contributed by atoms with Crippen LogP contribution in [-0.2, 0) is 17.2 Å². The maximum absolute atomic E-state index is 6.13. The zero-order chi connectivity index (χ0) is 19.3. The minimum Gasteiger partial charge on any atom is -0.407 e. The van der Waals surface area contributed by atoms with Crippen molar-refractivity contribution in [2.45, 2.75) is 26.2 Å². The van der Waals surface area contributed by atoms with Crippen LogP contribution in [0.4, 0.5) is 0 Å². The molecule has 3 nitrogen and oxygen atoms in total. The average Bonchev–Trinajstić information content (AvgIpc) is 2.62. The molecule has 0 atom stereocenters. The molecule has 0 saturated carbocycles. The van der Waals surface area contributed by atoms with Crippen molar-refractivity contribution in [2.75, 3.05) is 0 Å². The van der Waals surface area contributed by atoms with Crippen LogP contribution >= 0.6 is 6.72 Å². The molecule has 0 saturated heterocycles. The van der Waals surface area contributed by atoms with Crippen molar-refractivity contribution in [2.24, 2.45) is 0 Å². The van der Waals surface area contributed by atoms with Gasteiger partial charge in [0.1, 0.15) is 17.2 Å². The fourth-order valence-corrected chi connectivity index (χ4v) is 4.44. The van der Waals surface area contributed by atoms with Crippen LogP contribution in [0.3, 0.4) is 0 Å². The van der Waals surface area contributed by atoms with Crippen molar-refractivity contribution in [3.63, 3.8) is 0 Å². The van der Waals surface area contributed by atoms with Gasteiger partial charge in [0.2, 0.25) is 0 Å². The molecule has 0 aliphatic carbocycles. The van der Waals surface area contributed by atoms with Gasteiger partial charge >= 0.3 is 6.72 Å². The summed E-state index contributed by atoms with van der Waals surface area (Å²) < 4.78 is 18.2. The predicted molar refractivity (Wildman–Crippen MR) is 114 cm³/mol. The molecule has 0 aliphatic rings. The van der Waals surface area contributed by atoms with E-state index in [0.717, 1.165) is 5.56 Å². The van der Waals surface area contributed by atoms with Crippen LogP contribution in [-0.4, -0.2) is 0 Å². The van der Waals surface area contributed by atoms with Gasteiger partial charge in [-0.2, -0.15) is 0 Å². The Morgan fingerprint density at radius 2 is 1.07 bits per heavy atom. The Balaban J connectivity index is 1.91. The summed E-state index contributed by atoms with van der Waals surface area (Å²) in [6.45, 7) is 3.34. The highest BCUT2D eigenvalue weighted by Gasteiger charge is 2.27. The Labute approximate surface area is 166 Å². The SMILES string of the molecule is CC(C)(C)c1cccc(OP(=S)(Oc2ccccc2)Oc2ccccc2)c1. The molecule has 0 unspecified atom stereocenters. The van der Waals surface area contributed by atoms with Gasteiger partial charge in [0, 0.05) is 11.8 Å². The third kappa shape index (κ3) is 5.59. The Hall–Kier alpha value is -2.29. The fourth-order valence-electron chi connectivity index (χ4n) is 2.43. The molecule has 3 aromatic carbocycles. The van der Waals surface area contributed by atoms with Crippen LogP contribution in [0.5, 0.6) is 17.2 Å². The van der Waals surface area contributed by atoms with Gasteiger partial charge in [0.05, 0.1) is 0 Å². The number of benzene rings is 3. The van der Waals surface area contributed by atoms with E-state index >= 15 is 0 Å². The highest BCUT2D eigenvalue weighted by molar-refractivity contribution is 8.08. The van der Waals surface area contributed by atoms with E-state index < -0.39 is 6.72 Å². The molecule has 0 amide bonds. The second kappa shape index (κ2) is 8.16. The normalized spacial score (nSPS) is 11.7. The van der Waals surface area contributed by atoms with Gasteiger partial charge in [0.15, 0.2) is 0 Å². The maximum atomic E-state index is 6.13. The first kappa shape index (κ1) is 19.5. The molecule has 0 aliphatic heterocycles. The van der Waals surface area contributed by atoms with Crippen molar-refractivity contribution < 1.29 is 13.6 Å². The first-order valence-electron chi connectivity index (χ1n) is 8.74. The van der Waals surface area contributed by atoms with E-state index in [1.54, 1.807) is 0 Å². The lowest BCUT2D eigenvalue weighted by molar-refractivity contribution is 0.383. The van der Waals surface area contributed by atoms with E-state index in [1.165, 1.54) is 0 Å². The third-order valence-electron chi connectivity index (χ3n) is 3.84. The molecule has 0 aromatic heterocycles. The number of hydrogen-bond acceptors (Lipinski definition) is 4. The lowest BCUT2D eigenvalue weighted by Gasteiger charge is -2.25. The van der Waals surface area contributed by atoms with Crippen molar-refractivity contribution >= 4 is 18.5 Å². The molecule has 0 fully saturated rings. The molecule has 0 heterocycles. The summed E-state index contributed by atoms with van der Waals surface area (Å²) in [7, 11) is 0. The Morgan fingerprint density at radius 3 is 1.56 bits per heavy atom. The molecule has 5 heteroatoms. The van der Waals surface area contributed by atoms with E-state index in [-0.39, 0.29) is 5.41 Å². The lowest BCUT2D eigenvalue weighted by atomic mass is 9.87. The molecule has 0 bridgehead atoms. The minimum atomic E-state index is -3.12. The molecule has 0 spiro atoms. The predicted octanol–water partition coefficient (Wildman–Crippen LogP) is 6.75. The zero-order valence-corrected chi connectivity index (χ0v) is 17.4. The summed E-state index contributed by atoms with van der Waals surface area (Å²) >= 11 is 5.73. The molecule has 27 heavy (non-hydrogen) atoms. The molecule has 3 rings (SSSR count). The van der Waals surface area contributed by atoms with E-state index in [1.807, 2.05) is 78.9 Å². The Morgan fingerprint density at radius 1 is 0.630 bits per heavy atom. The first-order chi connectivity index (χ1) is 12.8. The fraction of sp³-hybridized carbons (Fsp3) is 0.182. The number of rotatable bonds is 6. The van der Waals surface area contributed by atoms with Gasteiger partial charge in [-0.15, -0.1) is 0 Å². The summed E-state index contributed by atoms with van der Waals surface area (Å²) in [6, 6.07) is 26.6. The second-order valence-electron chi connectivity index (χ2n) is 7.13. The second-order valence-corrected chi connectivity index (χ2v) is 9.91. The van der Waals surface area contributed by atoms with Crippen LogP contribution < -0.4 is 13.6 Å². The quantitative estimate of drug-likeness (QED) is 0.430. The molecule has 140 valence electrons. The molecular weight excluding hydrogens is 375 g/mol. The van der Waals surface area contributed by atoms with Gasteiger partial charge in [-0.25, -0.2) is 0 Å². The van der Waals surface area contributed by atoms with Gasteiger partial charge < -0.3 is 13.6 Å². The third-order valence-corrected chi connectivity index (χ3v) is 5.81. The number of para-hydroxylation sites is 2. The van der Waals surface area contributed by atoms with Crippen LogP contribution in [0.2, 0.25) is 0 Å². The van der Waals surface area contributed by atoms with Gasteiger partial charge in [-0.05, 0) is 47.4 Å². The average molecular weight is 398 g/mol. The first-order valence-corrected chi connectivity index (χ1v) is 11.3. The standard InChI is InChI=1S/C22H23O3PS/c1-22(2,3)18-11-10-16-21(17-18)25-26(27,23-19-12-6-4-7-13-19)24-20-14-8-5-9-15-20/h4-17H,1-3H3. The monoisotopic (exact) mass is 398 g/mol. The van der Waals surface area contributed by atoms with Crippen LogP contribution in [0.15, 0.2) is 84.9 Å². The summed E-state index contributed by atoms with van der Waals surface area (Å²) in [4.78, 5) is 0. The van der Waals surface area contributed by atoms with E-state index in [2.05, 4.69) is 26.8 Å². The molecule has 0 N–H and O–H groups in total. The summed E-state index contributed by atoms with van der Waals surface area (Å²) in [5.41, 5.74) is 1.16. The summed E-state index contributed by atoms with van der Waals surface area (Å²) in [5.74, 6) is 1.87. The van der Waals surface area contributed by atoms with E-state index in [9.17, 15) is 0 Å². The molecule has 0 radical (unpaired) electrons. The van der Waals surface area contributed by atoms with E-state index in [4.69, 9.17) is 25.4 Å². The van der Waals surface area contributed by atoms with Crippen molar-refractivity contribution in [1.29, 1.82) is 0 Å². The Kier molecular flexibility index (Phi) is 5.88. The largest absolute Gasteiger partial charge is 0.490 e. The Bertz CT molecular complexity index is 876. The van der Waals surface area contributed by atoms with Gasteiger partial charge in [-0.1, -0.05) is 69.3 Å². The number of hydrogen-bond donors (Lipinski definition) is 0. The van der Waals surface area contributed by atoms with Gasteiger partial charge in [0.25, 0.3) is 0 Å². The summed E-state index contributed by atoms with van der Waals surface area (Å²) in [6.07, 6.45) is 0. The highest BCUT2D eigenvalue weighted by atomic mass is 32.5. The van der Waals surface area contributed by atoms with E-state index in [0.29, 0.717) is 17.2 Å².